The monoisotopic (exact) mass is 435 g/mol. The molecule has 0 radical (unpaired) electrons. The van der Waals surface area contributed by atoms with Gasteiger partial charge in [-0.3, -0.25) is 9.91 Å². The summed E-state index contributed by atoms with van der Waals surface area (Å²) in [6, 6.07) is 23.6. The molecule has 1 aliphatic heterocycles. The molecule has 0 unspecified atom stereocenters. The zero-order valence-corrected chi connectivity index (χ0v) is 18.4. The maximum absolute atomic E-state index is 6.17. The van der Waals surface area contributed by atoms with Gasteiger partial charge in [0.05, 0.1) is 21.8 Å². The molecule has 152 valence electrons. The molecule has 0 atom stereocenters. The van der Waals surface area contributed by atoms with Crippen LogP contribution in [0.15, 0.2) is 71.8 Å². The highest BCUT2D eigenvalue weighted by Crippen LogP contribution is 2.46. The van der Waals surface area contributed by atoms with Crippen LogP contribution in [-0.4, -0.2) is 41.8 Å². The molecular formula is C25H23Cl2N3. The molecule has 3 aromatic rings. The first-order valence-corrected chi connectivity index (χ1v) is 11.1. The lowest BCUT2D eigenvalue weighted by Gasteiger charge is -2.37. The Balaban J connectivity index is 1.33. The number of hydrogen-bond acceptors (Lipinski definition) is 3. The number of benzene rings is 3. The van der Waals surface area contributed by atoms with E-state index in [0.29, 0.717) is 16.1 Å². The molecule has 5 heteroatoms. The lowest BCUT2D eigenvalue weighted by molar-refractivity contribution is 0.114. The first kappa shape index (κ1) is 19.6. The van der Waals surface area contributed by atoms with Crippen LogP contribution in [0.4, 0.5) is 0 Å². The van der Waals surface area contributed by atoms with Crippen molar-refractivity contribution in [2.75, 3.05) is 26.2 Å². The van der Waals surface area contributed by atoms with Crippen LogP contribution in [0.2, 0.25) is 10.0 Å². The lowest BCUT2D eigenvalue weighted by Crippen LogP contribution is -2.45. The Hall–Kier alpha value is -2.33. The smallest absolute Gasteiger partial charge is 0.0647 e. The lowest BCUT2D eigenvalue weighted by atomic mass is 10.0. The molecule has 0 N–H and O–H groups in total. The molecule has 3 aromatic carbocycles. The molecule has 3 nitrogen and oxygen atoms in total. The first-order valence-electron chi connectivity index (χ1n) is 10.3. The molecular weight excluding hydrogens is 413 g/mol. The highest BCUT2D eigenvalue weighted by atomic mass is 35.5. The maximum Gasteiger partial charge on any atom is 0.0647 e. The summed E-state index contributed by atoms with van der Waals surface area (Å²) in [5, 5.41) is 8.15. The fourth-order valence-corrected chi connectivity index (χ4v) is 4.88. The molecule has 1 heterocycles. The summed E-state index contributed by atoms with van der Waals surface area (Å²) in [6.07, 6.45) is 0. The van der Waals surface area contributed by atoms with Crippen molar-refractivity contribution in [2.45, 2.75) is 13.0 Å². The van der Waals surface area contributed by atoms with Gasteiger partial charge in [0.15, 0.2) is 0 Å². The van der Waals surface area contributed by atoms with Crippen LogP contribution in [0.25, 0.3) is 11.1 Å². The number of fused-ring (bicyclic) bond motifs is 3. The Kier molecular flexibility index (Phi) is 5.28. The van der Waals surface area contributed by atoms with Crippen molar-refractivity contribution >= 4 is 28.9 Å². The van der Waals surface area contributed by atoms with Gasteiger partial charge < -0.3 is 0 Å². The Bertz CT molecular complexity index is 1070. The number of halogens is 2. The van der Waals surface area contributed by atoms with E-state index in [1.807, 2.05) is 25.1 Å². The molecule has 0 amide bonds. The van der Waals surface area contributed by atoms with Crippen LogP contribution in [0.1, 0.15) is 29.7 Å². The van der Waals surface area contributed by atoms with Gasteiger partial charge in [-0.05, 0) is 46.9 Å². The SMILES string of the molecule is C/C(=N/N1CCN(C2c3ccccc3-c3ccccc32)CC1)c1ccc(Cl)c(Cl)c1. The fourth-order valence-electron chi connectivity index (χ4n) is 4.58. The predicted octanol–water partition coefficient (Wildman–Crippen LogP) is 6.11. The molecule has 0 spiro atoms. The quantitative estimate of drug-likeness (QED) is 0.462. The van der Waals surface area contributed by atoms with Crippen molar-refractivity contribution in [1.82, 2.24) is 9.91 Å². The Morgan fingerprint density at radius 1 is 0.800 bits per heavy atom. The second kappa shape index (κ2) is 8.07. The second-order valence-corrected chi connectivity index (χ2v) is 8.70. The zero-order chi connectivity index (χ0) is 20.7. The number of piperazine rings is 1. The molecule has 1 aliphatic carbocycles. The van der Waals surface area contributed by atoms with E-state index in [1.54, 1.807) is 0 Å². The van der Waals surface area contributed by atoms with E-state index in [2.05, 4.69) is 58.4 Å². The van der Waals surface area contributed by atoms with Crippen LogP contribution >= 0.6 is 23.2 Å². The summed E-state index contributed by atoms with van der Waals surface area (Å²) in [6.45, 7) is 5.78. The van der Waals surface area contributed by atoms with Gasteiger partial charge >= 0.3 is 0 Å². The third-order valence-corrected chi connectivity index (χ3v) is 6.82. The third kappa shape index (κ3) is 3.51. The minimum Gasteiger partial charge on any atom is -0.294 e. The zero-order valence-electron chi connectivity index (χ0n) is 16.9. The van der Waals surface area contributed by atoms with Crippen molar-refractivity contribution in [2.24, 2.45) is 5.10 Å². The Morgan fingerprint density at radius 3 is 2.00 bits per heavy atom. The van der Waals surface area contributed by atoms with E-state index in [1.165, 1.54) is 22.3 Å². The fraction of sp³-hybridized carbons (Fsp3) is 0.240. The predicted molar refractivity (Wildman–Crippen MR) is 126 cm³/mol. The summed E-state index contributed by atoms with van der Waals surface area (Å²) in [5.74, 6) is 0. The summed E-state index contributed by atoms with van der Waals surface area (Å²) in [5.41, 5.74) is 7.54. The van der Waals surface area contributed by atoms with Crippen molar-refractivity contribution in [3.05, 3.63) is 93.5 Å². The summed E-state index contributed by atoms with van der Waals surface area (Å²) >= 11 is 12.2. The average Bonchev–Trinajstić information content (AvgIpc) is 3.11. The van der Waals surface area contributed by atoms with Gasteiger partial charge in [0.25, 0.3) is 0 Å². The van der Waals surface area contributed by atoms with E-state index in [4.69, 9.17) is 28.3 Å². The number of rotatable bonds is 3. The van der Waals surface area contributed by atoms with Crippen LogP contribution in [-0.2, 0) is 0 Å². The molecule has 0 saturated carbocycles. The highest BCUT2D eigenvalue weighted by molar-refractivity contribution is 6.42. The van der Waals surface area contributed by atoms with Crippen molar-refractivity contribution in [3.63, 3.8) is 0 Å². The van der Waals surface area contributed by atoms with Crippen molar-refractivity contribution in [1.29, 1.82) is 0 Å². The number of hydrazone groups is 1. The Morgan fingerprint density at radius 2 is 1.40 bits per heavy atom. The van der Waals surface area contributed by atoms with Crippen LogP contribution in [0.3, 0.4) is 0 Å². The van der Waals surface area contributed by atoms with Crippen molar-refractivity contribution < 1.29 is 0 Å². The van der Waals surface area contributed by atoms with Gasteiger partial charge in [-0.15, -0.1) is 0 Å². The van der Waals surface area contributed by atoms with Crippen LogP contribution in [0, 0.1) is 0 Å². The standard InChI is InChI=1S/C25H23Cl2N3/c1-17(18-10-11-23(26)24(27)16-18)28-30-14-12-29(13-15-30)25-21-8-4-2-6-19(21)20-7-3-5-9-22(20)25/h2-11,16,25H,12-15H2,1H3/b28-17-. The summed E-state index contributed by atoms with van der Waals surface area (Å²) in [4.78, 5) is 2.59. The normalized spacial score (nSPS) is 17.2. The van der Waals surface area contributed by atoms with Gasteiger partial charge in [-0.1, -0.05) is 77.8 Å². The van der Waals surface area contributed by atoms with Crippen LogP contribution in [0.5, 0.6) is 0 Å². The van der Waals surface area contributed by atoms with Crippen LogP contribution < -0.4 is 0 Å². The summed E-state index contributed by atoms with van der Waals surface area (Å²) < 4.78 is 0. The molecule has 0 bridgehead atoms. The topological polar surface area (TPSA) is 18.8 Å². The molecule has 5 rings (SSSR count). The average molecular weight is 436 g/mol. The van der Waals surface area contributed by atoms with Gasteiger partial charge in [0.1, 0.15) is 0 Å². The van der Waals surface area contributed by atoms with Crippen molar-refractivity contribution in [3.8, 4) is 11.1 Å². The maximum atomic E-state index is 6.17. The molecule has 2 aliphatic rings. The largest absolute Gasteiger partial charge is 0.294 e. The first-order chi connectivity index (χ1) is 14.6. The molecule has 1 fully saturated rings. The number of hydrogen-bond donors (Lipinski definition) is 0. The molecule has 1 saturated heterocycles. The Labute approximate surface area is 187 Å². The van der Waals surface area contributed by atoms with Gasteiger partial charge in [-0.25, -0.2) is 0 Å². The second-order valence-electron chi connectivity index (χ2n) is 7.88. The van der Waals surface area contributed by atoms with E-state index in [-0.39, 0.29) is 0 Å². The van der Waals surface area contributed by atoms with Gasteiger partial charge in [0.2, 0.25) is 0 Å². The highest BCUT2D eigenvalue weighted by Gasteiger charge is 2.33. The van der Waals surface area contributed by atoms with E-state index in [0.717, 1.165) is 37.5 Å². The van der Waals surface area contributed by atoms with Gasteiger partial charge in [-0.2, -0.15) is 5.10 Å². The minimum atomic E-state index is 0.333. The van der Waals surface area contributed by atoms with E-state index < -0.39 is 0 Å². The molecule has 30 heavy (non-hydrogen) atoms. The van der Waals surface area contributed by atoms with E-state index >= 15 is 0 Å². The summed E-state index contributed by atoms with van der Waals surface area (Å²) in [7, 11) is 0. The minimum absolute atomic E-state index is 0.333. The van der Waals surface area contributed by atoms with E-state index in [9.17, 15) is 0 Å². The molecule has 0 aromatic heterocycles. The number of nitrogens with zero attached hydrogens (tertiary/aromatic N) is 3. The third-order valence-electron chi connectivity index (χ3n) is 6.09. The van der Waals surface area contributed by atoms with Gasteiger partial charge in [0, 0.05) is 26.2 Å².